The number of benzene rings is 2. The summed E-state index contributed by atoms with van der Waals surface area (Å²) in [6.07, 6.45) is 0. The van der Waals surface area contributed by atoms with Crippen LogP contribution in [0.15, 0.2) is 70.2 Å². The van der Waals surface area contributed by atoms with E-state index in [-0.39, 0.29) is 12.3 Å². The summed E-state index contributed by atoms with van der Waals surface area (Å²) in [4.78, 5) is 23.8. The van der Waals surface area contributed by atoms with Crippen molar-refractivity contribution in [1.29, 1.82) is 0 Å². The van der Waals surface area contributed by atoms with Gasteiger partial charge in [0.05, 0.1) is 17.1 Å². The second kappa shape index (κ2) is 10.2. The van der Waals surface area contributed by atoms with Gasteiger partial charge in [-0.3, -0.25) is 10.1 Å². The van der Waals surface area contributed by atoms with E-state index in [1.165, 1.54) is 39.9 Å². The van der Waals surface area contributed by atoms with Crippen LogP contribution in [0.4, 0.5) is 11.6 Å². The highest BCUT2D eigenvalue weighted by Crippen LogP contribution is 2.38. The monoisotopic (exact) mass is 522 g/mol. The molecule has 2 aromatic carbocycles. The fourth-order valence-electron chi connectivity index (χ4n) is 3.68. The molecule has 0 saturated carbocycles. The van der Waals surface area contributed by atoms with Crippen LogP contribution < -0.4 is 5.32 Å². The van der Waals surface area contributed by atoms with E-state index >= 15 is 0 Å². The van der Waals surface area contributed by atoms with Crippen molar-refractivity contribution in [2.45, 2.75) is 17.3 Å². The Kier molecular flexibility index (Phi) is 6.69. The molecule has 1 unspecified atom stereocenters. The fraction of sp³-hybridized carbons (Fsp3) is 0.182. The lowest BCUT2D eigenvalue weighted by Gasteiger charge is -2.28. The summed E-state index contributed by atoms with van der Waals surface area (Å²) in [6, 6.07) is 14.9. The molecule has 2 aromatic heterocycles. The zero-order valence-electron chi connectivity index (χ0n) is 18.8. The Morgan fingerprint density at radius 2 is 1.94 bits per heavy atom. The summed E-state index contributed by atoms with van der Waals surface area (Å²) in [7, 11) is 0. The first-order chi connectivity index (χ1) is 17.5. The average molecular weight is 523 g/mol. The van der Waals surface area contributed by atoms with Crippen molar-refractivity contribution in [3.63, 3.8) is 0 Å². The van der Waals surface area contributed by atoms with Crippen LogP contribution in [0.25, 0.3) is 10.6 Å². The number of carbonyl (C=O) groups excluding carboxylic acids is 1. The van der Waals surface area contributed by atoms with E-state index < -0.39 is 16.9 Å². The van der Waals surface area contributed by atoms with Gasteiger partial charge in [-0.1, -0.05) is 58.5 Å². The normalized spacial score (nSPS) is 14.8. The largest absolute Gasteiger partial charge is 0.463 e. The first-order valence-corrected chi connectivity index (χ1v) is 12.6. The summed E-state index contributed by atoms with van der Waals surface area (Å²) in [5.74, 6) is 0.144. The van der Waals surface area contributed by atoms with Crippen molar-refractivity contribution in [1.82, 2.24) is 30.4 Å². The van der Waals surface area contributed by atoms with Crippen molar-refractivity contribution in [3.05, 3.63) is 81.5 Å². The predicted molar refractivity (Wildman–Crippen MR) is 132 cm³/mol. The van der Waals surface area contributed by atoms with Crippen molar-refractivity contribution in [2.75, 3.05) is 17.7 Å². The minimum atomic E-state index is -0.735. The van der Waals surface area contributed by atoms with E-state index in [2.05, 4.69) is 31.0 Å². The number of hydrogen-bond acceptors (Lipinski definition) is 12. The highest BCUT2D eigenvalue weighted by atomic mass is 32.2. The molecule has 0 spiro atoms. The number of ether oxygens (including phenoxy) is 1. The molecule has 1 aliphatic rings. The van der Waals surface area contributed by atoms with Crippen LogP contribution in [0.5, 0.6) is 0 Å². The topological polar surface area (TPSA) is 151 Å². The molecular weight excluding hydrogens is 504 g/mol. The Morgan fingerprint density at radius 3 is 2.67 bits per heavy atom. The van der Waals surface area contributed by atoms with Gasteiger partial charge in [0.15, 0.2) is 4.34 Å². The minimum Gasteiger partial charge on any atom is -0.463 e. The van der Waals surface area contributed by atoms with E-state index in [9.17, 15) is 14.9 Å². The number of carbonyl (C=O) groups is 1. The third-order valence-corrected chi connectivity index (χ3v) is 7.41. The zero-order valence-corrected chi connectivity index (χ0v) is 20.4. The number of nitro groups is 1. The summed E-state index contributed by atoms with van der Waals surface area (Å²) < 4.78 is 7.55. The fourth-order valence-corrected chi connectivity index (χ4v) is 5.51. The molecule has 0 saturated heterocycles. The first kappa shape index (κ1) is 23.6. The number of nitrogens with zero attached hydrogens (tertiary/aromatic N) is 7. The Balaban J connectivity index is 1.49. The van der Waals surface area contributed by atoms with Crippen molar-refractivity contribution >= 4 is 40.7 Å². The number of hydrogen-bond donors (Lipinski definition) is 1. The van der Waals surface area contributed by atoms with E-state index in [0.29, 0.717) is 28.5 Å². The molecule has 0 fully saturated rings. The maximum Gasteiger partial charge on any atom is 0.338 e. The minimum absolute atomic E-state index is 0.0624. The number of anilines is 1. The maximum atomic E-state index is 13.2. The number of nitro benzene ring substituents is 1. The molecule has 0 radical (unpaired) electrons. The van der Waals surface area contributed by atoms with Gasteiger partial charge in [0.1, 0.15) is 11.0 Å². The lowest BCUT2D eigenvalue weighted by molar-refractivity contribution is -0.384. The molecule has 4 aromatic rings. The second-order valence-electron chi connectivity index (χ2n) is 7.46. The zero-order chi connectivity index (χ0) is 25.1. The molecule has 1 N–H and O–H groups in total. The van der Waals surface area contributed by atoms with Gasteiger partial charge in [0.2, 0.25) is 5.95 Å². The van der Waals surface area contributed by atoms with Gasteiger partial charge in [-0.2, -0.15) is 4.68 Å². The molecule has 5 rings (SSSR count). The molecule has 0 aliphatic carbocycles. The average Bonchev–Trinajstić information content (AvgIpc) is 3.57. The molecule has 3 heterocycles. The highest BCUT2D eigenvalue weighted by molar-refractivity contribution is 8.01. The number of thioether (sulfide) groups is 1. The van der Waals surface area contributed by atoms with Gasteiger partial charge in [-0.05, 0) is 35.0 Å². The van der Waals surface area contributed by atoms with Gasteiger partial charge in [-0.25, -0.2) is 4.79 Å². The van der Waals surface area contributed by atoms with Crippen LogP contribution in [0.1, 0.15) is 18.5 Å². The number of fused-ring (bicyclic) bond motifs is 1. The van der Waals surface area contributed by atoms with Crippen LogP contribution in [-0.4, -0.2) is 53.7 Å². The standard InChI is InChI=1S/C22H18N8O4S2/c1-2-34-20(31)17-16(12-35-22-26-24-19(36-22)14-6-4-3-5-7-14)23-21-25-27-28-29(21)18(17)13-8-10-15(11-9-13)30(32)33/h3-11,18H,2,12H2,1H3,(H,23,25,28). The molecule has 0 amide bonds. The molecule has 12 nitrogen and oxygen atoms in total. The van der Waals surface area contributed by atoms with Crippen LogP contribution in [0, 0.1) is 10.1 Å². The van der Waals surface area contributed by atoms with Gasteiger partial charge in [0, 0.05) is 29.1 Å². The molecule has 36 heavy (non-hydrogen) atoms. The summed E-state index contributed by atoms with van der Waals surface area (Å²) in [5, 5.41) is 35.4. The van der Waals surface area contributed by atoms with Gasteiger partial charge in [-0.15, -0.1) is 10.2 Å². The molecule has 0 bridgehead atoms. The summed E-state index contributed by atoms with van der Waals surface area (Å²) in [5.41, 5.74) is 2.38. The maximum absolute atomic E-state index is 13.2. The number of rotatable bonds is 8. The molecular formula is C22H18N8O4S2. The Bertz CT molecular complexity index is 1440. The predicted octanol–water partition coefficient (Wildman–Crippen LogP) is 3.72. The van der Waals surface area contributed by atoms with Crippen LogP contribution in [0.3, 0.4) is 0 Å². The van der Waals surface area contributed by atoms with E-state index in [4.69, 9.17) is 4.74 Å². The number of tetrazole rings is 1. The molecule has 1 aliphatic heterocycles. The SMILES string of the molecule is CCOC(=O)C1=C(CSc2nnc(-c3ccccc3)s2)Nc2nnnn2C1c1ccc([N+](=O)[O-])cc1. The van der Waals surface area contributed by atoms with Crippen LogP contribution in [-0.2, 0) is 9.53 Å². The Morgan fingerprint density at radius 1 is 1.17 bits per heavy atom. The van der Waals surface area contributed by atoms with E-state index in [1.54, 1.807) is 19.1 Å². The Labute approximate surface area is 212 Å². The van der Waals surface area contributed by atoms with Gasteiger partial charge < -0.3 is 10.1 Å². The van der Waals surface area contributed by atoms with Gasteiger partial charge >= 0.3 is 5.97 Å². The van der Waals surface area contributed by atoms with Crippen molar-refractivity contribution < 1.29 is 14.5 Å². The third kappa shape index (κ3) is 4.67. The summed E-state index contributed by atoms with van der Waals surface area (Å²) >= 11 is 2.86. The number of nitrogens with one attached hydrogen (secondary N) is 1. The van der Waals surface area contributed by atoms with Gasteiger partial charge in [0.25, 0.3) is 5.69 Å². The second-order valence-corrected chi connectivity index (χ2v) is 9.66. The van der Waals surface area contributed by atoms with Crippen molar-refractivity contribution in [3.8, 4) is 10.6 Å². The van der Waals surface area contributed by atoms with Crippen LogP contribution in [0.2, 0.25) is 0 Å². The first-order valence-electron chi connectivity index (χ1n) is 10.8. The number of non-ortho nitro benzene ring substituents is 1. The van der Waals surface area contributed by atoms with Crippen molar-refractivity contribution in [2.24, 2.45) is 0 Å². The molecule has 1 atom stereocenters. The lowest BCUT2D eigenvalue weighted by Crippen LogP contribution is -2.31. The third-order valence-electron chi connectivity index (χ3n) is 5.28. The number of aromatic nitrogens is 6. The quantitative estimate of drug-likeness (QED) is 0.156. The van der Waals surface area contributed by atoms with E-state index in [0.717, 1.165) is 14.9 Å². The molecule has 182 valence electrons. The lowest BCUT2D eigenvalue weighted by atomic mass is 9.95. The molecule has 14 heteroatoms. The smallest absolute Gasteiger partial charge is 0.338 e. The number of esters is 1. The summed E-state index contributed by atoms with van der Waals surface area (Å²) in [6.45, 7) is 1.90. The highest BCUT2D eigenvalue weighted by Gasteiger charge is 2.36. The Hall–Kier alpha value is -4.17. The van der Waals surface area contributed by atoms with E-state index in [1.807, 2.05) is 30.3 Å². The van der Waals surface area contributed by atoms with Crippen LogP contribution >= 0.6 is 23.1 Å².